The highest BCUT2D eigenvalue weighted by molar-refractivity contribution is 9.10. The van der Waals surface area contributed by atoms with Gasteiger partial charge in [0, 0.05) is 14.7 Å². The van der Waals surface area contributed by atoms with Gasteiger partial charge in [-0.05, 0) is 51.3 Å². The molecule has 1 heterocycles. The molecule has 0 radical (unpaired) electrons. The van der Waals surface area contributed by atoms with Gasteiger partial charge in [0.15, 0.2) is 0 Å². The highest BCUT2D eigenvalue weighted by Gasteiger charge is 2.19. The predicted octanol–water partition coefficient (Wildman–Crippen LogP) is 6.39. The Kier molecular flexibility index (Phi) is 4.53. The first-order valence-corrected chi connectivity index (χ1v) is 8.84. The molecule has 108 valence electrons. The molecule has 0 amide bonds. The summed E-state index contributed by atoms with van der Waals surface area (Å²) in [6.45, 7) is 2.62. The topological polar surface area (TPSA) is 9.23 Å². The van der Waals surface area contributed by atoms with Gasteiger partial charge in [-0.1, -0.05) is 30.3 Å². The molecule has 0 fully saturated rings. The Labute approximate surface area is 141 Å². The van der Waals surface area contributed by atoms with E-state index >= 15 is 0 Å². The maximum Gasteiger partial charge on any atom is 0.124 e. The summed E-state index contributed by atoms with van der Waals surface area (Å²) in [5.74, 6) is 0.856. The molecule has 0 aliphatic rings. The van der Waals surface area contributed by atoms with Gasteiger partial charge in [-0.3, -0.25) is 0 Å². The van der Waals surface area contributed by atoms with Crippen LogP contribution in [0.1, 0.15) is 23.4 Å². The fourth-order valence-electron chi connectivity index (χ4n) is 2.38. The van der Waals surface area contributed by atoms with Crippen LogP contribution in [0, 0.1) is 0 Å². The van der Waals surface area contributed by atoms with Crippen molar-refractivity contribution < 1.29 is 4.74 Å². The van der Waals surface area contributed by atoms with Gasteiger partial charge >= 0.3 is 0 Å². The maximum atomic E-state index is 6.76. The van der Waals surface area contributed by atoms with Crippen molar-refractivity contribution in [1.82, 2.24) is 0 Å². The van der Waals surface area contributed by atoms with Gasteiger partial charge in [0.2, 0.25) is 0 Å². The number of thiophene rings is 1. The Balaban J connectivity index is 2.09. The zero-order valence-corrected chi connectivity index (χ0v) is 14.6. The molecule has 1 atom stereocenters. The fraction of sp³-hybridized carbons (Fsp3) is 0.176. The second kappa shape index (κ2) is 6.39. The van der Waals surface area contributed by atoms with Crippen LogP contribution in [0.3, 0.4) is 0 Å². The molecule has 0 aliphatic carbocycles. The number of ether oxygens (including phenoxy) is 1. The fourth-order valence-corrected chi connectivity index (χ4v) is 4.47. The molecular weight excluding hydrogens is 368 g/mol. The molecule has 2 aromatic carbocycles. The molecule has 0 spiro atoms. The predicted molar refractivity (Wildman–Crippen MR) is 94.8 cm³/mol. The zero-order valence-electron chi connectivity index (χ0n) is 11.5. The zero-order chi connectivity index (χ0) is 14.8. The first kappa shape index (κ1) is 14.9. The van der Waals surface area contributed by atoms with Crippen LogP contribution in [-0.4, -0.2) is 6.61 Å². The van der Waals surface area contributed by atoms with Crippen molar-refractivity contribution in [3.63, 3.8) is 0 Å². The smallest absolute Gasteiger partial charge is 0.124 e. The molecule has 0 saturated heterocycles. The van der Waals surface area contributed by atoms with E-state index in [4.69, 9.17) is 16.3 Å². The third-order valence-corrected chi connectivity index (χ3v) is 5.79. The highest BCUT2D eigenvalue weighted by Crippen LogP contribution is 2.42. The van der Waals surface area contributed by atoms with E-state index in [-0.39, 0.29) is 5.38 Å². The molecule has 0 N–H and O–H groups in total. The van der Waals surface area contributed by atoms with E-state index < -0.39 is 0 Å². The van der Waals surface area contributed by atoms with E-state index in [0.717, 1.165) is 21.3 Å². The quantitative estimate of drug-likeness (QED) is 0.476. The standard InChI is InChI=1S/C17H14BrClOS/c1-2-20-15-9-4-3-6-12(15)16(19)13-10-21-17-11(13)7-5-8-14(17)18/h3-10,16H,2H2,1H3. The third-order valence-electron chi connectivity index (χ3n) is 3.35. The minimum atomic E-state index is -0.212. The lowest BCUT2D eigenvalue weighted by molar-refractivity contribution is 0.337. The number of rotatable bonds is 4. The number of benzene rings is 2. The largest absolute Gasteiger partial charge is 0.494 e. The number of halogens is 2. The summed E-state index contributed by atoms with van der Waals surface area (Å²) in [5, 5.41) is 3.12. The van der Waals surface area contributed by atoms with Crippen molar-refractivity contribution in [1.29, 1.82) is 0 Å². The first-order chi connectivity index (χ1) is 10.2. The number of para-hydroxylation sites is 1. The van der Waals surface area contributed by atoms with E-state index in [1.54, 1.807) is 11.3 Å². The molecule has 0 saturated carbocycles. The molecule has 1 aromatic heterocycles. The molecular formula is C17H14BrClOS. The van der Waals surface area contributed by atoms with Crippen LogP contribution >= 0.6 is 38.9 Å². The number of hydrogen-bond acceptors (Lipinski definition) is 2. The number of alkyl halides is 1. The van der Waals surface area contributed by atoms with Crippen LogP contribution in [0.4, 0.5) is 0 Å². The van der Waals surface area contributed by atoms with E-state index in [1.165, 1.54) is 10.1 Å². The summed E-state index contributed by atoms with van der Waals surface area (Å²) in [7, 11) is 0. The van der Waals surface area contributed by atoms with Crippen molar-refractivity contribution >= 4 is 49.0 Å². The average Bonchev–Trinajstić information content (AvgIpc) is 2.93. The summed E-state index contributed by atoms with van der Waals surface area (Å²) in [6, 6.07) is 14.2. The van der Waals surface area contributed by atoms with Crippen molar-refractivity contribution in [2.24, 2.45) is 0 Å². The van der Waals surface area contributed by atoms with Gasteiger partial charge in [-0.15, -0.1) is 22.9 Å². The Bertz CT molecular complexity index is 768. The molecule has 21 heavy (non-hydrogen) atoms. The summed E-state index contributed by atoms with van der Waals surface area (Å²) in [5.41, 5.74) is 2.14. The minimum Gasteiger partial charge on any atom is -0.494 e. The summed E-state index contributed by atoms with van der Waals surface area (Å²) in [6.07, 6.45) is 0. The van der Waals surface area contributed by atoms with Gasteiger partial charge in [0.25, 0.3) is 0 Å². The molecule has 1 nitrogen and oxygen atoms in total. The Hall–Kier alpha value is -1.03. The first-order valence-electron chi connectivity index (χ1n) is 6.73. The van der Waals surface area contributed by atoms with Crippen molar-refractivity contribution in [2.75, 3.05) is 6.61 Å². The maximum absolute atomic E-state index is 6.76. The number of fused-ring (bicyclic) bond motifs is 1. The molecule has 4 heteroatoms. The Morgan fingerprint density at radius 3 is 2.76 bits per heavy atom. The normalized spacial score (nSPS) is 12.5. The molecule has 3 rings (SSSR count). The molecule has 0 bridgehead atoms. The second-order valence-corrected chi connectivity index (χ2v) is 6.81. The van der Waals surface area contributed by atoms with Crippen LogP contribution in [0.15, 0.2) is 52.3 Å². The second-order valence-electron chi connectivity index (χ2n) is 4.64. The lowest BCUT2D eigenvalue weighted by atomic mass is 10.0. The van der Waals surface area contributed by atoms with E-state index in [2.05, 4.69) is 33.4 Å². The SMILES string of the molecule is CCOc1ccccc1C(Cl)c1csc2c(Br)cccc12. The van der Waals surface area contributed by atoms with Crippen molar-refractivity contribution in [3.8, 4) is 5.75 Å². The third kappa shape index (κ3) is 2.83. The van der Waals surface area contributed by atoms with Crippen LogP contribution < -0.4 is 4.74 Å². The monoisotopic (exact) mass is 380 g/mol. The Morgan fingerprint density at radius 2 is 1.95 bits per heavy atom. The van der Waals surface area contributed by atoms with E-state index in [0.29, 0.717) is 6.61 Å². The molecule has 1 unspecified atom stereocenters. The lowest BCUT2D eigenvalue weighted by Gasteiger charge is -2.14. The summed E-state index contributed by atoms with van der Waals surface area (Å²) in [4.78, 5) is 0. The molecule has 3 aromatic rings. The summed E-state index contributed by atoms with van der Waals surface area (Å²) < 4.78 is 8.04. The van der Waals surface area contributed by atoms with Crippen LogP contribution in [0.5, 0.6) is 5.75 Å². The van der Waals surface area contributed by atoms with Gasteiger partial charge in [0.05, 0.1) is 12.0 Å². The van der Waals surface area contributed by atoms with Gasteiger partial charge in [-0.2, -0.15) is 0 Å². The summed E-state index contributed by atoms with van der Waals surface area (Å²) >= 11 is 12.1. The van der Waals surface area contributed by atoms with Crippen LogP contribution in [0.25, 0.3) is 10.1 Å². The lowest BCUT2D eigenvalue weighted by Crippen LogP contribution is -1.99. The number of hydrogen-bond donors (Lipinski definition) is 0. The van der Waals surface area contributed by atoms with Crippen LogP contribution in [0.2, 0.25) is 0 Å². The van der Waals surface area contributed by atoms with Gasteiger partial charge in [0.1, 0.15) is 5.75 Å². The van der Waals surface area contributed by atoms with Crippen LogP contribution in [-0.2, 0) is 0 Å². The Morgan fingerprint density at radius 1 is 1.14 bits per heavy atom. The van der Waals surface area contributed by atoms with Gasteiger partial charge in [-0.25, -0.2) is 0 Å². The van der Waals surface area contributed by atoms with Crippen molar-refractivity contribution in [3.05, 3.63) is 63.4 Å². The average molecular weight is 382 g/mol. The molecule has 0 aliphatic heterocycles. The highest BCUT2D eigenvalue weighted by atomic mass is 79.9. The van der Waals surface area contributed by atoms with E-state index in [1.807, 2.05) is 37.3 Å². The van der Waals surface area contributed by atoms with Gasteiger partial charge < -0.3 is 4.74 Å². The van der Waals surface area contributed by atoms with Crippen molar-refractivity contribution in [2.45, 2.75) is 12.3 Å². The minimum absolute atomic E-state index is 0.212. The van der Waals surface area contributed by atoms with E-state index in [9.17, 15) is 0 Å².